The van der Waals surface area contributed by atoms with Gasteiger partial charge in [0.2, 0.25) is 0 Å². The molecular weight excluding hydrogens is 424 g/mol. The molecule has 1 amide bonds. The topological polar surface area (TPSA) is 103 Å². The minimum atomic E-state index is -1.48. The van der Waals surface area contributed by atoms with Gasteiger partial charge in [-0.25, -0.2) is 4.79 Å². The Balaban J connectivity index is 1.57. The van der Waals surface area contributed by atoms with E-state index in [1.807, 2.05) is 17.9 Å². The number of halogens is 1. The smallest absolute Gasteiger partial charge is 0.409 e. The second kappa shape index (κ2) is 9.92. The van der Waals surface area contributed by atoms with Gasteiger partial charge in [0.05, 0.1) is 23.3 Å². The van der Waals surface area contributed by atoms with Crippen molar-refractivity contribution in [3.63, 3.8) is 0 Å². The number of β-amino-alcohol motifs (C(OH)–C–C–N with tert-alkyl or cyclic N) is 2. The fraction of sp³-hybridized carbons (Fsp3) is 0.682. The molecule has 3 rings (SSSR count). The zero-order valence-corrected chi connectivity index (χ0v) is 19.0. The van der Waals surface area contributed by atoms with Gasteiger partial charge in [-0.1, -0.05) is 17.7 Å². The molecule has 174 valence electrons. The first-order valence-electron chi connectivity index (χ1n) is 10.8. The molecule has 2 heterocycles. The minimum Gasteiger partial charge on any atom is -0.489 e. The highest BCUT2D eigenvalue weighted by Gasteiger charge is 2.44. The van der Waals surface area contributed by atoms with Crippen LogP contribution in [0.2, 0.25) is 5.02 Å². The first kappa shape index (κ1) is 24.1. The molecule has 0 bridgehead atoms. The number of rotatable bonds is 6. The lowest BCUT2D eigenvalue weighted by Crippen LogP contribution is -2.62. The van der Waals surface area contributed by atoms with E-state index >= 15 is 0 Å². The first-order valence-corrected chi connectivity index (χ1v) is 11.2. The quantitative estimate of drug-likeness (QED) is 0.599. The predicted molar refractivity (Wildman–Crippen MR) is 116 cm³/mol. The number of aliphatic hydroxyl groups excluding tert-OH is 1. The molecule has 8 nitrogen and oxygen atoms in total. The summed E-state index contributed by atoms with van der Waals surface area (Å²) in [6.45, 7) is 5.82. The lowest BCUT2D eigenvalue weighted by atomic mass is 9.86. The first-order chi connectivity index (χ1) is 14.6. The Hall–Kier alpha value is -1.58. The van der Waals surface area contributed by atoms with Gasteiger partial charge in [-0.3, -0.25) is 4.90 Å². The molecule has 0 aromatic heterocycles. The van der Waals surface area contributed by atoms with Gasteiger partial charge in [0, 0.05) is 32.7 Å². The monoisotopic (exact) mass is 456 g/mol. The second-order valence-corrected chi connectivity index (χ2v) is 9.16. The van der Waals surface area contributed by atoms with Crippen LogP contribution >= 0.6 is 11.6 Å². The van der Waals surface area contributed by atoms with Gasteiger partial charge in [0.1, 0.15) is 18.0 Å². The summed E-state index contributed by atoms with van der Waals surface area (Å²) < 4.78 is 10.8. The Kier molecular flexibility index (Phi) is 7.70. The van der Waals surface area contributed by atoms with Crippen molar-refractivity contribution in [3.05, 3.63) is 28.8 Å². The van der Waals surface area contributed by atoms with E-state index in [0.29, 0.717) is 62.8 Å². The number of aryl methyl sites for hydroxylation is 1. The number of carbonyl (C=O) groups excluding carboxylic acids is 1. The van der Waals surface area contributed by atoms with Crippen LogP contribution in [0.5, 0.6) is 5.75 Å². The lowest BCUT2D eigenvalue weighted by molar-refractivity contribution is -0.150. The Morgan fingerprint density at radius 2 is 1.97 bits per heavy atom. The number of hydrogen-bond acceptors (Lipinski definition) is 7. The standard InChI is InChI=1S/C22H33ClN2O6/c1-3-30-20(27)25-10-7-21(28,8-11-25)13-24-9-6-19(26)22(29,14-24)15-31-18-12-16(2)4-5-17(18)23/h4-5,12,19,26,28-29H,3,6-11,13-15H2,1-2H3/t19-,22-/m0/s1. The largest absolute Gasteiger partial charge is 0.489 e. The summed E-state index contributed by atoms with van der Waals surface area (Å²) >= 11 is 6.18. The number of ether oxygens (including phenoxy) is 2. The molecular formula is C22H33ClN2O6. The van der Waals surface area contributed by atoms with Crippen LogP contribution in [0.4, 0.5) is 4.79 Å². The molecule has 0 aliphatic carbocycles. The highest BCUT2D eigenvalue weighted by atomic mass is 35.5. The van der Waals surface area contributed by atoms with Crippen molar-refractivity contribution in [2.45, 2.75) is 50.4 Å². The van der Waals surface area contributed by atoms with Crippen LogP contribution < -0.4 is 4.74 Å². The molecule has 2 fully saturated rings. The summed E-state index contributed by atoms with van der Waals surface area (Å²) in [7, 11) is 0. The molecule has 3 N–H and O–H groups in total. The molecule has 0 unspecified atom stereocenters. The summed E-state index contributed by atoms with van der Waals surface area (Å²) in [5, 5.41) is 33.1. The second-order valence-electron chi connectivity index (χ2n) is 8.75. The molecule has 2 atom stereocenters. The Morgan fingerprint density at radius 3 is 2.65 bits per heavy atom. The van der Waals surface area contributed by atoms with Gasteiger partial charge in [-0.05, 0) is 50.8 Å². The summed E-state index contributed by atoms with van der Waals surface area (Å²) in [6, 6.07) is 5.39. The minimum absolute atomic E-state index is 0.108. The number of hydrogen-bond donors (Lipinski definition) is 3. The Labute approximate surface area is 188 Å². The maximum atomic E-state index is 11.9. The maximum Gasteiger partial charge on any atom is 0.409 e. The van der Waals surface area contributed by atoms with Crippen molar-refractivity contribution >= 4 is 17.7 Å². The van der Waals surface area contributed by atoms with Crippen LogP contribution in [0.1, 0.15) is 31.7 Å². The zero-order valence-electron chi connectivity index (χ0n) is 18.2. The number of carbonyl (C=O) groups is 1. The number of piperidine rings is 2. The fourth-order valence-electron chi connectivity index (χ4n) is 4.24. The third-order valence-electron chi connectivity index (χ3n) is 6.14. The summed E-state index contributed by atoms with van der Waals surface area (Å²) in [5.41, 5.74) is -1.46. The van der Waals surface area contributed by atoms with Crippen molar-refractivity contribution < 1.29 is 29.6 Å². The predicted octanol–water partition coefficient (Wildman–Crippen LogP) is 1.81. The highest BCUT2D eigenvalue weighted by molar-refractivity contribution is 6.32. The number of nitrogens with zero attached hydrogens (tertiary/aromatic N) is 2. The maximum absolute atomic E-state index is 11.9. The van der Waals surface area contributed by atoms with E-state index in [1.54, 1.807) is 24.0 Å². The molecule has 2 aliphatic heterocycles. The van der Waals surface area contributed by atoms with E-state index in [0.717, 1.165) is 5.56 Å². The third kappa shape index (κ3) is 6.02. The van der Waals surface area contributed by atoms with E-state index in [4.69, 9.17) is 21.1 Å². The Bertz CT molecular complexity index is 770. The van der Waals surface area contributed by atoms with Crippen LogP contribution in [-0.4, -0.2) is 94.5 Å². The normalized spacial score (nSPS) is 26.5. The molecule has 2 aliphatic rings. The molecule has 0 radical (unpaired) electrons. The number of amides is 1. The highest BCUT2D eigenvalue weighted by Crippen LogP contribution is 2.30. The van der Waals surface area contributed by atoms with Crippen molar-refractivity contribution in [3.8, 4) is 5.75 Å². The molecule has 9 heteroatoms. The zero-order chi connectivity index (χ0) is 22.6. The SMILES string of the molecule is CCOC(=O)N1CCC(O)(CN2CC[C@H](O)[C@@](O)(COc3cc(C)ccc3Cl)C2)CC1. The van der Waals surface area contributed by atoms with E-state index in [9.17, 15) is 20.1 Å². The third-order valence-corrected chi connectivity index (χ3v) is 6.45. The van der Waals surface area contributed by atoms with Crippen molar-refractivity contribution in [1.82, 2.24) is 9.80 Å². The van der Waals surface area contributed by atoms with Gasteiger partial charge in [-0.15, -0.1) is 0 Å². The summed E-state index contributed by atoms with van der Waals surface area (Å²) in [4.78, 5) is 15.4. The number of aliphatic hydroxyl groups is 3. The average Bonchev–Trinajstić information content (AvgIpc) is 2.72. The molecule has 1 aromatic rings. The van der Waals surface area contributed by atoms with Crippen molar-refractivity contribution in [2.75, 3.05) is 45.9 Å². The van der Waals surface area contributed by atoms with Crippen LogP contribution in [0.3, 0.4) is 0 Å². The molecule has 31 heavy (non-hydrogen) atoms. The molecule has 0 spiro atoms. The summed E-state index contributed by atoms with van der Waals surface area (Å²) in [5.74, 6) is 0.462. The van der Waals surface area contributed by atoms with Gasteiger partial charge in [0.25, 0.3) is 0 Å². The van der Waals surface area contributed by atoms with E-state index in [1.165, 1.54) is 0 Å². The van der Waals surface area contributed by atoms with Crippen molar-refractivity contribution in [2.24, 2.45) is 0 Å². The lowest BCUT2D eigenvalue weighted by Gasteiger charge is -2.46. The van der Waals surface area contributed by atoms with Crippen LogP contribution in [0.25, 0.3) is 0 Å². The van der Waals surface area contributed by atoms with Crippen LogP contribution in [0, 0.1) is 6.92 Å². The van der Waals surface area contributed by atoms with E-state index < -0.39 is 17.3 Å². The van der Waals surface area contributed by atoms with E-state index in [2.05, 4.69) is 0 Å². The average molecular weight is 457 g/mol. The molecule has 1 aromatic carbocycles. The van der Waals surface area contributed by atoms with Gasteiger partial charge >= 0.3 is 6.09 Å². The van der Waals surface area contributed by atoms with Gasteiger partial charge < -0.3 is 29.7 Å². The van der Waals surface area contributed by atoms with Crippen LogP contribution in [-0.2, 0) is 4.74 Å². The number of benzene rings is 1. The van der Waals surface area contributed by atoms with Gasteiger partial charge in [-0.2, -0.15) is 0 Å². The van der Waals surface area contributed by atoms with Crippen molar-refractivity contribution in [1.29, 1.82) is 0 Å². The number of likely N-dealkylation sites (tertiary alicyclic amines) is 2. The molecule has 0 saturated carbocycles. The van der Waals surface area contributed by atoms with Crippen LogP contribution in [0.15, 0.2) is 18.2 Å². The Morgan fingerprint density at radius 1 is 1.26 bits per heavy atom. The summed E-state index contributed by atoms with van der Waals surface area (Å²) in [6.07, 6.45) is -0.0660. The van der Waals surface area contributed by atoms with E-state index in [-0.39, 0.29) is 19.2 Å². The molecule has 2 saturated heterocycles. The fourth-order valence-corrected chi connectivity index (χ4v) is 4.41. The van der Waals surface area contributed by atoms with Gasteiger partial charge in [0.15, 0.2) is 0 Å².